The summed E-state index contributed by atoms with van der Waals surface area (Å²) in [5.74, 6) is -0.162. The highest BCUT2D eigenvalue weighted by molar-refractivity contribution is 9.10. The van der Waals surface area contributed by atoms with Crippen LogP contribution in [0.5, 0.6) is 0 Å². The second-order valence-corrected chi connectivity index (χ2v) is 4.19. The van der Waals surface area contributed by atoms with Crippen molar-refractivity contribution in [2.45, 2.75) is 13.3 Å². The molecular weight excluding hydrogens is 272 g/mol. The van der Waals surface area contributed by atoms with Gasteiger partial charge in [0.2, 0.25) is 5.91 Å². The summed E-state index contributed by atoms with van der Waals surface area (Å²) in [7, 11) is 0. The smallest absolute Gasteiger partial charge is 0.250 e. The molecule has 0 unspecified atom stereocenters. The van der Waals surface area contributed by atoms with Gasteiger partial charge >= 0.3 is 0 Å². The maximum absolute atomic E-state index is 11.4. The summed E-state index contributed by atoms with van der Waals surface area (Å²) < 4.78 is 5.89. The number of hydrogen-bond acceptors (Lipinski definition) is 3. The minimum atomic E-state index is -0.162. The third-order valence-electron chi connectivity index (χ3n) is 1.87. The Hall–Kier alpha value is -1.07. The van der Waals surface area contributed by atoms with Crippen LogP contribution in [0, 0.1) is 0 Å². The first-order chi connectivity index (χ1) is 7.63. The molecule has 1 aromatic rings. The highest BCUT2D eigenvalue weighted by atomic mass is 79.9. The predicted octanol–water partition coefficient (Wildman–Crippen LogP) is 2.40. The first kappa shape index (κ1) is 13.0. The molecule has 5 heteroatoms. The number of ether oxygens (including phenoxy) is 1. The van der Waals surface area contributed by atoms with Crippen molar-refractivity contribution in [2.24, 2.45) is 0 Å². The van der Waals surface area contributed by atoms with E-state index in [1.807, 2.05) is 6.92 Å². The molecule has 3 N–H and O–H groups in total. The van der Waals surface area contributed by atoms with Crippen molar-refractivity contribution < 1.29 is 9.53 Å². The number of halogens is 1. The van der Waals surface area contributed by atoms with Crippen LogP contribution in [0.15, 0.2) is 22.7 Å². The maximum atomic E-state index is 11.4. The van der Waals surface area contributed by atoms with Gasteiger partial charge in [0.1, 0.15) is 6.61 Å². The summed E-state index contributed by atoms with van der Waals surface area (Å²) in [6.07, 6.45) is 0.903. The number of nitrogen functional groups attached to an aromatic ring is 1. The van der Waals surface area contributed by atoms with Gasteiger partial charge in [0.05, 0.1) is 0 Å². The summed E-state index contributed by atoms with van der Waals surface area (Å²) in [5, 5.41) is 2.72. The molecule has 0 fully saturated rings. The van der Waals surface area contributed by atoms with E-state index in [1.165, 1.54) is 0 Å². The molecule has 88 valence electrons. The lowest BCUT2D eigenvalue weighted by molar-refractivity contribution is -0.120. The highest BCUT2D eigenvalue weighted by Crippen LogP contribution is 2.22. The van der Waals surface area contributed by atoms with Crippen LogP contribution in [-0.2, 0) is 9.53 Å². The molecule has 0 heterocycles. The van der Waals surface area contributed by atoms with E-state index in [1.54, 1.807) is 18.2 Å². The fourth-order valence-corrected chi connectivity index (χ4v) is 1.49. The van der Waals surface area contributed by atoms with Gasteiger partial charge in [-0.15, -0.1) is 0 Å². The largest absolute Gasteiger partial charge is 0.398 e. The number of carbonyl (C=O) groups excluding carboxylic acids is 1. The first-order valence-electron chi connectivity index (χ1n) is 5.06. The average molecular weight is 287 g/mol. The van der Waals surface area contributed by atoms with Crippen LogP contribution in [-0.4, -0.2) is 19.1 Å². The van der Waals surface area contributed by atoms with Gasteiger partial charge in [-0.3, -0.25) is 4.79 Å². The van der Waals surface area contributed by atoms with E-state index in [9.17, 15) is 4.79 Å². The van der Waals surface area contributed by atoms with Crippen molar-refractivity contribution in [2.75, 3.05) is 24.3 Å². The average Bonchev–Trinajstić information content (AvgIpc) is 2.24. The van der Waals surface area contributed by atoms with E-state index in [0.29, 0.717) is 18.0 Å². The third-order valence-corrected chi connectivity index (χ3v) is 2.55. The van der Waals surface area contributed by atoms with Gasteiger partial charge in [-0.05, 0) is 40.5 Å². The van der Waals surface area contributed by atoms with Gasteiger partial charge in [-0.1, -0.05) is 6.92 Å². The van der Waals surface area contributed by atoms with Crippen molar-refractivity contribution in [3.63, 3.8) is 0 Å². The molecule has 0 atom stereocenters. The minimum absolute atomic E-state index is 0.0792. The molecule has 0 aliphatic carbocycles. The molecule has 16 heavy (non-hydrogen) atoms. The van der Waals surface area contributed by atoms with Crippen molar-refractivity contribution in [3.8, 4) is 0 Å². The first-order valence-corrected chi connectivity index (χ1v) is 5.85. The minimum Gasteiger partial charge on any atom is -0.398 e. The lowest BCUT2D eigenvalue weighted by Crippen LogP contribution is -2.18. The number of benzene rings is 1. The second kappa shape index (κ2) is 6.50. The molecule has 0 saturated heterocycles. The van der Waals surface area contributed by atoms with Crippen molar-refractivity contribution in [3.05, 3.63) is 22.7 Å². The predicted molar refractivity (Wildman–Crippen MR) is 68.3 cm³/mol. The summed E-state index contributed by atoms with van der Waals surface area (Å²) in [6.45, 7) is 2.67. The molecule has 0 bridgehead atoms. The third kappa shape index (κ3) is 4.20. The number of nitrogens with one attached hydrogen (secondary N) is 1. The van der Waals surface area contributed by atoms with Crippen LogP contribution >= 0.6 is 15.9 Å². The van der Waals surface area contributed by atoms with Crippen LogP contribution in [0.25, 0.3) is 0 Å². The molecule has 0 aromatic heterocycles. The molecule has 0 radical (unpaired) electrons. The number of amides is 1. The van der Waals surface area contributed by atoms with E-state index in [4.69, 9.17) is 10.5 Å². The lowest BCUT2D eigenvalue weighted by Gasteiger charge is -2.07. The van der Waals surface area contributed by atoms with Gasteiger partial charge in [0.25, 0.3) is 0 Å². The molecule has 0 aliphatic heterocycles. The topological polar surface area (TPSA) is 64.3 Å². The lowest BCUT2D eigenvalue weighted by atomic mass is 10.3. The van der Waals surface area contributed by atoms with Gasteiger partial charge in [0, 0.05) is 22.5 Å². The quantitative estimate of drug-likeness (QED) is 0.645. The zero-order chi connectivity index (χ0) is 12.0. The number of anilines is 2. The molecular formula is C11H15BrN2O2. The monoisotopic (exact) mass is 286 g/mol. The molecule has 0 aliphatic rings. The van der Waals surface area contributed by atoms with Gasteiger partial charge in [0.15, 0.2) is 0 Å². The molecule has 1 amide bonds. The van der Waals surface area contributed by atoms with Crippen molar-refractivity contribution in [1.29, 1.82) is 0 Å². The summed E-state index contributed by atoms with van der Waals surface area (Å²) in [6, 6.07) is 5.23. The molecule has 0 spiro atoms. The Labute approximate surface area is 103 Å². The zero-order valence-electron chi connectivity index (χ0n) is 9.13. The second-order valence-electron chi connectivity index (χ2n) is 3.34. The van der Waals surface area contributed by atoms with E-state index in [2.05, 4.69) is 21.2 Å². The zero-order valence-corrected chi connectivity index (χ0v) is 10.7. The fraction of sp³-hybridized carbons (Fsp3) is 0.364. The standard InChI is InChI=1S/C11H15BrN2O2/c1-2-5-16-7-11(15)14-8-3-4-10(13)9(12)6-8/h3-4,6H,2,5,7,13H2,1H3,(H,14,15). The highest BCUT2D eigenvalue weighted by Gasteiger charge is 2.03. The Morgan fingerprint density at radius 1 is 1.56 bits per heavy atom. The summed E-state index contributed by atoms with van der Waals surface area (Å²) >= 11 is 3.29. The Morgan fingerprint density at radius 2 is 2.31 bits per heavy atom. The number of hydrogen-bond donors (Lipinski definition) is 2. The van der Waals surface area contributed by atoms with E-state index < -0.39 is 0 Å². The van der Waals surface area contributed by atoms with Crippen molar-refractivity contribution >= 4 is 33.2 Å². The molecule has 1 aromatic carbocycles. The normalized spacial score (nSPS) is 10.1. The summed E-state index contributed by atoms with van der Waals surface area (Å²) in [4.78, 5) is 11.4. The van der Waals surface area contributed by atoms with Gasteiger partial charge in [-0.25, -0.2) is 0 Å². The Kier molecular flexibility index (Phi) is 5.28. The molecule has 4 nitrogen and oxygen atoms in total. The van der Waals surface area contributed by atoms with Crippen LogP contribution < -0.4 is 11.1 Å². The van der Waals surface area contributed by atoms with Crippen LogP contribution in [0.1, 0.15) is 13.3 Å². The number of rotatable bonds is 5. The SMILES string of the molecule is CCCOCC(=O)Nc1ccc(N)c(Br)c1. The number of nitrogens with two attached hydrogens (primary N) is 1. The Balaban J connectivity index is 2.46. The van der Waals surface area contributed by atoms with E-state index >= 15 is 0 Å². The molecule has 1 rings (SSSR count). The van der Waals surface area contributed by atoms with Crippen molar-refractivity contribution in [1.82, 2.24) is 0 Å². The van der Waals surface area contributed by atoms with Gasteiger partial charge < -0.3 is 15.8 Å². The Morgan fingerprint density at radius 3 is 2.94 bits per heavy atom. The fourth-order valence-electron chi connectivity index (χ4n) is 1.11. The van der Waals surface area contributed by atoms with Crippen LogP contribution in [0.4, 0.5) is 11.4 Å². The summed E-state index contributed by atoms with van der Waals surface area (Å²) in [5.41, 5.74) is 6.97. The molecule has 0 saturated carbocycles. The van der Waals surface area contributed by atoms with E-state index in [0.717, 1.165) is 10.9 Å². The number of carbonyl (C=O) groups is 1. The van der Waals surface area contributed by atoms with E-state index in [-0.39, 0.29) is 12.5 Å². The maximum Gasteiger partial charge on any atom is 0.250 e. The Bertz CT molecular complexity index is 369. The van der Waals surface area contributed by atoms with Crippen LogP contribution in [0.3, 0.4) is 0 Å². The van der Waals surface area contributed by atoms with Crippen LogP contribution in [0.2, 0.25) is 0 Å². The van der Waals surface area contributed by atoms with Gasteiger partial charge in [-0.2, -0.15) is 0 Å².